The highest BCUT2D eigenvalue weighted by molar-refractivity contribution is 5.95. The van der Waals surface area contributed by atoms with Gasteiger partial charge in [0.2, 0.25) is 11.9 Å². The molecular formula is C20H19N5O2. The number of para-hydroxylation sites is 1. The molecule has 1 atom stereocenters. The average Bonchev–Trinajstić information content (AvgIpc) is 3.14. The summed E-state index contributed by atoms with van der Waals surface area (Å²) in [6.45, 7) is 2.22. The molecule has 2 aromatic carbocycles. The number of hydrogen-bond acceptors (Lipinski definition) is 5. The van der Waals surface area contributed by atoms with E-state index in [1.165, 1.54) is 6.33 Å². The molecule has 0 spiro atoms. The Balaban J connectivity index is 1.75. The second-order valence-corrected chi connectivity index (χ2v) is 6.27. The van der Waals surface area contributed by atoms with Crippen LogP contribution >= 0.6 is 0 Å². The van der Waals surface area contributed by atoms with E-state index in [1.54, 1.807) is 11.6 Å². The van der Waals surface area contributed by atoms with E-state index in [2.05, 4.69) is 15.4 Å². The van der Waals surface area contributed by atoms with Crippen molar-refractivity contribution in [2.75, 3.05) is 5.32 Å². The Morgan fingerprint density at radius 2 is 1.93 bits per heavy atom. The van der Waals surface area contributed by atoms with Gasteiger partial charge in [0.15, 0.2) is 0 Å². The van der Waals surface area contributed by atoms with Crippen LogP contribution in [0.1, 0.15) is 24.1 Å². The lowest BCUT2D eigenvalue weighted by Gasteiger charge is -2.28. The summed E-state index contributed by atoms with van der Waals surface area (Å²) in [5.74, 6) is 0.714. The van der Waals surface area contributed by atoms with E-state index in [1.807, 2.05) is 54.6 Å². The topological polar surface area (TPSA) is 95.1 Å². The lowest BCUT2D eigenvalue weighted by atomic mass is 9.94. The SMILES string of the molecule is CC1=C(C(N)=O)C(c2ccccc2OCc2ccccc2)n2ncnc2N1. The molecule has 0 fully saturated rings. The maximum atomic E-state index is 12.2. The van der Waals surface area contributed by atoms with Gasteiger partial charge in [0.25, 0.3) is 0 Å². The number of allylic oxidation sites excluding steroid dienone is 1. The van der Waals surface area contributed by atoms with Gasteiger partial charge in [0, 0.05) is 11.3 Å². The average molecular weight is 361 g/mol. The monoisotopic (exact) mass is 361 g/mol. The number of nitrogens with two attached hydrogens (primary N) is 1. The summed E-state index contributed by atoms with van der Waals surface area (Å²) in [7, 11) is 0. The molecule has 136 valence electrons. The highest BCUT2D eigenvalue weighted by Crippen LogP contribution is 2.38. The molecule has 0 radical (unpaired) electrons. The highest BCUT2D eigenvalue weighted by atomic mass is 16.5. The highest BCUT2D eigenvalue weighted by Gasteiger charge is 2.33. The number of aromatic nitrogens is 3. The van der Waals surface area contributed by atoms with Crippen molar-refractivity contribution in [2.45, 2.75) is 19.6 Å². The molecule has 7 nitrogen and oxygen atoms in total. The van der Waals surface area contributed by atoms with Crippen molar-refractivity contribution in [3.63, 3.8) is 0 Å². The number of benzene rings is 2. The molecule has 0 bridgehead atoms. The van der Waals surface area contributed by atoms with Gasteiger partial charge in [-0.25, -0.2) is 4.68 Å². The molecule has 3 aromatic rings. The van der Waals surface area contributed by atoms with E-state index in [4.69, 9.17) is 10.5 Å². The molecule has 3 N–H and O–H groups in total. The van der Waals surface area contributed by atoms with Gasteiger partial charge in [-0.15, -0.1) is 0 Å². The van der Waals surface area contributed by atoms with Crippen LogP contribution in [0.15, 0.2) is 72.2 Å². The van der Waals surface area contributed by atoms with Crippen LogP contribution in [0.4, 0.5) is 5.95 Å². The molecule has 1 aromatic heterocycles. The molecule has 1 aliphatic heterocycles. The summed E-state index contributed by atoms with van der Waals surface area (Å²) in [4.78, 5) is 16.4. The zero-order valence-corrected chi connectivity index (χ0v) is 14.8. The first-order valence-electron chi connectivity index (χ1n) is 8.58. The third-order valence-electron chi connectivity index (χ3n) is 4.51. The molecule has 2 heterocycles. The smallest absolute Gasteiger partial charge is 0.248 e. The largest absolute Gasteiger partial charge is 0.489 e. The first kappa shape index (κ1) is 16.8. The molecule has 27 heavy (non-hydrogen) atoms. The van der Waals surface area contributed by atoms with Gasteiger partial charge in [0.05, 0.1) is 5.57 Å². The minimum absolute atomic E-state index is 0.418. The van der Waals surface area contributed by atoms with Gasteiger partial charge in [-0.05, 0) is 18.6 Å². The summed E-state index contributed by atoms with van der Waals surface area (Å²) in [5.41, 5.74) is 8.64. The fraction of sp³-hybridized carbons (Fsp3) is 0.150. The van der Waals surface area contributed by atoms with E-state index in [0.717, 1.165) is 11.1 Å². The molecule has 0 aliphatic carbocycles. The summed E-state index contributed by atoms with van der Waals surface area (Å²) in [6.07, 6.45) is 1.44. The van der Waals surface area contributed by atoms with Crippen LogP contribution in [0.25, 0.3) is 0 Å². The summed E-state index contributed by atoms with van der Waals surface area (Å²) < 4.78 is 7.73. The second-order valence-electron chi connectivity index (χ2n) is 6.27. The summed E-state index contributed by atoms with van der Waals surface area (Å²) in [6, 6.07) is 17.0. The number of ether oxygens (including phenoxy) is 1. The van der Waals surface area contributed by atoms with Crippen molar-refractivity contribution in [1.29, 1.82) is 0 Å². The molecule has 0 saturated carbocycles. The number of anilines is 1. The molecular weight excluding hydrogens is 342 g/mol. The first-order chi connectivity index (χ1) is 13.1. The quantitative estimate of drug-likeness (QED) is 0.728. The van der Waals surface area contributed by atoms with Gasteiger partial charge in [-0.2, -0.15) is 10.1 Å². The van der Waals surface area contributed by atoms with Crippen LogP contribution < -0.4 is 15.8 Å². The Morgan fingerprint density at radius 1 is 1.19 bits per heavy atom. The van der Waals surface area contributed by atoms with E-state index in [-0.39, 0.29) is 0 Å². The van der Waals surface area contributed by atoms with Gasteiger partial charge in [0.1, 0.15) is 24.7 Å². The third-order valence-corrected chi connectivity index (χ3v) is 4.51. The predicted octanol–water partition coefficient (Wildman–Crippen LogP) is 2.63. The summed E-state index contributed by atoms with van der Waals surface area (Å²) in [5, 5.41) is 7.36. The van der Waals surface area contributed by atoms with Crippen molar-refractivity contribution in [3.05, 3.63) is 83.3 Å². The third kappa shape index (κ3) is 3.15. The standard InChI is InChI=1S/C20H19N5O2/c1-13-17(19(21)26)18(25-20(24-13)22-12-23-25)15-9-5-6-10-16(15)27-11-14-7-3-2-4-8-14/h2-10,12,18H,11H2,1H3,(H2,21,26)(H,22,23,24). The van der Waals surface area contributed by atoms with E-state index < -0.39 is 11.9 Å². The van der Waals surface area contributed by atoms with Crippen molar-refractivity contribution >= 4 is 11.9 Å². The van der Waals surface area contributed by atoms with Gasteiger partial charge >= 0.3 is 0 Å². The zero-order valence-electron chi connectivity index (χ0n) is 14.8. The van der Waals surface area contributed by atoms with Crippen LogP contribution in [-0.2, 0) is 11.4 Å². The lowest BCUT2D eigenvalue weighted by Crippen LogP contribution is -2.32. The van der Waals surface area contributed by atoms with Crippen LogP contribution in [0, 0.1) is 0 Å². The number of carbonyl (C=O) groups is 1. The van der Waals surface area contributed by atoms with Crippen molar-refractivity contribution < 1.29 is 9.53 Å². The van der Waals surface area contributed by atoms with Crippen LogP contribution in [0.5, 0.6) is 5.75 Å². The Labute approximate surface area is 156 Å². The lowest BCUT2D eigenvalue weighted by molar-refractivity contribution is -0.115. The Hall–Kier alpha value is -3.61. The molecule has 7 heteroatoms. The molecule has 1 amide bonds. The Bertz CT molecular complexity index is 1010. The minimum atomic E-state index is -0.510. The number of rotatable bonds is 5. The number of hydrogen-bond donors (Lipinski definition) is 2. The second kappa shape index (κ2) is 6.95. The number of nitrogens with zero attached hydrogens (tertiary/aromatic N) is 3. The molecule has 0 saturated heterocycles. The zero-order chi connectivity index (χ0) is 18.8. The number of nitrogens with one attached hydrogen (secondary N) is 1. The van der Waals surface area contributed by atoms with Crippen molar-refractivity contribution in [1.82, 2.24) is 14.8 Å². The number of amides is 1. The normalized spacial score (nSPS) is 15.8. The Kier molecular flexibility index (Phi) is 4.33. The number of carbonyl (C=O) groups excluding carboxylic acids is 1. The maximum Gasteiger partial charge on any atom is 0.248 e. The van der Waals surface area contributed by atoms with Crippen LogP contribution in [0.2, 0.25) is 0 Å². The van der Waals surface area contributed by atoms with E-state index >= 15 is 0 Å². The predicted molar refractivity (Wildman–Crippen MR) is 101 cm³/mol. The summed E-state index contributed by atoms with van der Waals surface area (Å²) >= 11 is 0. The minimum Gasteiger partial charge on any atom is -0.489 e. The van der Waals surface area contributed by atoms with Gasteiger partial charge in [-0.3, -0.25) is 4.79 Å². The van der Waals surface area contributed by atoms with Crippen molar-refractivity contribution in [3.8, 4) is 5.75 Å². The van der Waals surface area contributed by atoms with Crippen LogP contribution in [-0.4, -0.2) is 20.7 Å². The maximum absolute atomic E-state index is 12.2. The number of primary amides is 1. The fourth-order valence-electron chi connectivity index (χ4n) is 3.27. The van der Waals surface area contributed by atoms with Gasteiger partial charge < -0.3 is 15.8 Å². The van der Waals surface area contributed by atoms with Crippen LogP contribution in [0.3, 0.4) is 0 Å². The first-order valence-corrected chi connectivity index (χ1v) is 8.58. The number of fused-ring (bicyclic) bond motifs is 1. The van der Waals surface area contributed by atoms with Gasteiger partial charge in [-0.1, -0.05) is 48.5 Å². The molecule has 1 unspecified atom stereocenters. The van der Waals surface area contributed by atoms with Crippen molar-refractivity contribution in [2.24, 2.45) is 5.73 Å². The van der Waals surface area contributed by atoms with E-state index in [0.29, 0.717) is 29.6 Å². The molecule has 4 rings (SSSR count). The van der Waals surface area contributed by atoms with E-state index in [9.17, 15) is 4.79 Å². The fourth-order valence-corrected chi connectivity index (χ4v) is 3.27. The molecule has 1 aliphatic rings. The Morgan fingerprint density at radius 3 is 2.70 bits per heavy atom.